The summed E-state index contributed by atoms with van der Waals surface area (Å²) in [6, 6.07) is 8.54. The lowest BCUT2D eigenvalue weighted by Crippen LogP contribution is -2.32. The van der Waals surface area contributed by atoms with Crippen LogP contribution in [-0.4, -0.2) is 152 Å². The van der Waals surface area contributed by atoms with E-state index in [1.165, 1.54) is 11.3 Å². The second-order valence-corrected chi connectivity index (χ2v) is 12.3. The number of hydrogen-bond acceptors (Lipinski definition) is 12. The minimum atomic E-state index is -0.0639. The third-order valence-electron chi connectivity index (χ3n) is 7.22. The quantitative estimate of drug-likeness (QED) is 0.105. The number of benzene rings is 1. The van der Waals surface area contributed by atoms with Gasteiger partial charge in [-0.05, 0) is 72.6 Å². The zero-order chi connectivity index (χ0) is 35.4. The summed E-state index contributed by atoms with van der Waals surface area (Å²) < 4.78 is 51.6. The largest absolute Gasteiger partial charge is 0.394 e. The molecule has 0 aliphatic rings. The first-order valence-electron chi connectivity index (χ1n) is 17.6. The molecule has 12 nitrogen and oxygen atoms in total. The summed E-state index contributed by atoms with van der Waals surface area (Å²) in [5.41, 5.74) is 2.39. The monoisotopic (exact) mass is 689 g/mol. The van der Waals surface area contributed by atoms with Gasteiger partial charge in [-0.25, -0.2) is 0 Å². The highest BCUT2D eigenvalue weighted by Crippen LogP contribution is 2.17. The van der Waals surface area contributed by atoms with E-state index < -0.39 is 0 Å². The van der Waals surface area contributed by atoms with Gasteiger partial charge in [0.15, 0.2) is 0 Å². The molecule has 1 rings (SSSR count). The van der Waals surface area contributed by atoms with Crippen molar-refractivity contribution < 1.29 is 52.8 Å². The van der Waals surface area contributed by atoms with Gasteiger partial charge in [-0.2, -0.15) is 0 Å². The smallest absolute Gasteiger partial charge is 0.0781 e. The first kappa shape index (κ1) is 44.6. The highest BCUT2D eigenvalue weighted by molar-refractivity contribution is 5.48. The van der Waals surface area contributed by atoms with Crippen LogP contribution >= 0.6 is 0 Å². The molecule has 0 spiro atoms. The van der Waals surface area contributed by atoms with Crippen molar-refractivity contribution in [2.75, 3.05) is 110 Å². The van der Waals surface area contributed by atoms with Gasteiger partial charge in [-0.3, -0.25) is 0 Å². The van der Waals surface area contributed by atoms with Crippen LogP contribution in [0.25, 0.3) is 0 Å². The maximum absolute atomic E-state index is 8.75. The molecule has 0 aliphatic heterocycles. The Bertz CT molecular complexity index is 867. The first-order valence-corrected chi connectivity index (χ1v) is 17.6. The number of hydrogen-bond donors (Lipinski definition) is 2. The Morgan fingerprint density at radius 3 is 1.50 bits per heavy atom. The number of ether oxygens (including phenoxy) is 9. The summed E-state index contributed by atoms with van der Waals surface area (Å²) in [6.45, 7) is 21.3. The van der Waals surface area contributed by atoms with E-state index in [0.717, 1.165) is 19.5 Å². The molecule has 0 radical (unpaired) electrons. The van der Waals surface area contributed by atoms with Gasteiger partial charge in [0.05, 0.1) is 129 Å². The molecule has 12 heteroatoms. The third-order valence-corrected chi connectivity index (χ3v) is 7.22. The Hall–Kier alpha value is -1.42. The van der Waals surface area contributed by atoms with Gasteiger partial charge in [0.2, 0.25) is 0 Å². The number of nitrogens with zero attached hydrogens (tertiary/aromatic N) is 1. The number of aliphatic hydroxyl groups is 2. The molecule has 6 unspecified atom stereocenters. The molecular formula is C36H67NO11. The van der Waals surface area contributed by atoms with Crippen molar-refractivity contribution in [3.63, 3.8) is 0 Å². The molecule has 0 amide bonds. The second kappa shape index (κ2) is 29.3. The summed E-state index contributed by atoms with van der Waals surface area (Å²) in [7, 11) is 0. The number of anilines is 1. The summed E-state index contributed by atoms with van der Waals surface area (Å²) in [5.74, 6) is 0. The van der Waals surface area contributed by atoms with Crippen LogP contribution in [0, 0.1) is 6.92 Å². The normalized spacial score (nSPS) is 15.6. The van der Waals surface area contributed by atoms with E-state index in [4.69, 9.17) is 52.8 Å². The fraction of sp³-hybridized carbons (Fsp3) is 0.833. The zero-order valence-corrected chi connectivity index (χ0v) is 30.8. The van der Waals surface area contributed by atoms with E-state index >= 15 is 0 Å². The highest BCUT2D eigenvalue weighted by Gasteiger charge is 2.14. The molecule has 48 heavy (non-hydrogen) atoms. The highest BCUT2D eigenvalue weighted by atomic mass is 16.6. The van der Waals surface area contributed by atoms with Crippen molar-refractivity contribution >= 4 is 5.69 Å². The SMILES string of the molecule is Cc1cccc(N(CCOCC(C)OCC(C)OCC(C)OCCOCCO)CCC(C)OCC(C)OCC(C)OCCOCCO)c1. The van der Waals surface area contributed by atoms with Crippen LogP contribution in [0.2, 0.25) is 0 Å². The van der Waals surface area contributed by atoms with Gasteiger partial charge in [-0.1, -0.05) is 12.1 Å². The van der Waals surface area contributed by atoms with E-state index in [2.05, 4.69) is 43.0 Å². The van der Waals surface area contributed by atoms with Crippen molar-refractivity contribution in [3.8, 4) is 0 Å². The van der Waals surface area contributed by atoms with E-state index in [0.29, 0.717) is 79.3 Å². The molecule has 0 saturated carbocycles. The Kier molecular flexibility index (Phi) is 27.2. The lowest BCUT2D eigenvalue weighted by atomic mass is 10.2. The fourth-order valence-electron chi connectivity index (χ4n) is 4.43. The van der Waals surface area contributed by atoms with Crippen LogP contribution in [0.3, 0.4) is 0 Å². The molecule has 1 aromatic rings. The Labute approximate surface area is 290 Å². The van der Waals surface area contributed by atoms with Crippen LogP contribution in [0.1, 0.15) is 53.5 Å². The molecule has 0 saturated heterocycles. The molecule has 0 heterocycles. The Morgan fingerprint density at radius 1 is 0.521 bits per heavy atom. The number of aryl methyl sites for hydroxylation is 1. The van der Waals surface area contributed by atoms with Crippen molar-refractivity contribution in [2.45, 2.75) is 91.5 Å². The molecule has 282 valence electrons. The summed E-state index contributed by atoms with van der Waals surface area (Å²) >= 11 is 0. The van der Waals surface area contributed by atoms with Gasteiger partial charge in [0.1, 0.15) is 0 Å². The molecule has 0 fully saturated rings. The molecule has 2 N–H and O–H groups in total. The number of rotatable bonds is 33. The van der Waals surface area contributed by atoms with E-state index in [1.807, 2.05) is 34.6 Å². The first-order chi connectivity index (χ1) is 23.1. The molecule has 0 aliphatic carbocycles. The Balaban J connectivity index is 2.32. The molecule has 0 bridgehead atoms. The van der Waals surface area contributed by atoms with Gasteiger partial charge < -0.3 is 57.7 Å². The minimum absolute atomic E-state index is 0.0158. The van der Waals surface area contributed by atoms with Gasteiger partial charge in [0, 0.05) is 18.8 Å². The van der Waals surface area contributed by atoms with E-state index in [-0.39, 0.29) is 49.8 Å². The Morgan fingerprint density at radius 2 is 1.00 bits per heavy atom. The van der Waals surface area contributed by atoms with Crippen molar-refractivity contribution in [2.24, 2.45) is 0 Å². The van der Waals surface area contributed by atoms with Crippen LogP contribution in [0.5, 0.6) is 0 Å². The van der Waals surface area contributed by atoms with E-state index in [9.17, 15) is 0 Å². The third kappa shape index (κ3) is 24.7. The molecular weight excluding hydrogens is 622 g/mol. The average Bonchev–Trinajstić information content (AvgIpc) is 3.07. The van der Waals surface area contributed by atoms with Crippen molar-refractivity contribution in [3.05, 3.63) is 29.8 Å². The maximum Gasteiger partial charge on any atom is 0.0781 e. The van der Waals surface area contributed by atoms with Crippen LogP contribution in [0.4, 0.5) is 5.69 Å². The second-order valence-electron chi connectivity index (χ2n) is 12.3. The maximum atomic E-state index is 8.75. The van der Waals surface area contributed by atoms with Crippen LogP contribution < -0.4 is 4.90 Å². The molecule has 0 aromatic heterocycles. The van der Waals surface area contributed by atoms with Crippen LogP contribution in [-0.2, 0) is 42.6 Å². The predicted molar refractivity (Wildman–Crippen MR) is 187 cm³/mol. The topological polar surface area (TPSA) is 127 Å². The molecule has 6 atom stereocenters. The minimum Gasteiger partial charge on any atom is -0.394 e. The summed E-state index contributed by atoms with van der Waals surface area (Å²) in [4.78, 5) is 2.35. The molecule has 1 aromatic carbocycles. The zero-order valence-electron chi connectivity index (χ0n) is 30.8. The predicted octanol–water partition coefficient (Wildman–Crippen LogP) is 3.66. The number of aliphatic hydroxyl groups excluding tert-OH is 2. The van der Waals surface area contributed by atoms with Crippen molar-refractivity contribution in [1.29, 1.82) is 0 Å². The van der Waals surface area contributed by atoms with Crippen molar-refractivity contribution in [1.82, 2.24) is 0 Å². The fourth-order valence-corrected chi connectivity index (χ4v) is 4.43. The van der Waals surface area contributed by atoms with Gasteiger partial charge in [-0.15, -0.1) is 0 Å². The average molecular weight is 690 g/mol. The summed E-state index contributed by atoms with van der Waals surface area (Å²) in [5, 5.41) is 17.5. The lowest BCUT2D eigenvalue weighted by Gasteiger charge is -2.27. The summed E-state index contributed by atoms with van der Waals surface area (Å²) in [6.07, 6.45) is 0.673. The standard InChI is InChI=1S/C36H67NO11/c1-29-9-8-10-36(23-29)37(12-11-30(2)45-27-34(6)47-25-32(4)43-21-19-40-17-14-38)13-16-42-24-31(3)46-28-35(7)48-26-33(5)44-22-20-41-18-15-39/h8-10,23,30-35,38-39H,11-22,24-28H2,1-7H3. The lowest BCUT2D eigenvalue weighted by molar-refractivity contribution is -0.0843. The van der Waals surface area contributed by atoms with E-state index in [1.54, 1.807) is 0 Å². The van der Waals surface area contributed by atoms with Gasteiger partial charge >= 0.3 is 0 Å². The van der Waals surface area contributed by atoms with Gasteiger partial charge in [0.25, 0.3) is 0 Å². The van der Waals surface area contributed by atoms with Crippen LogP contribution in [0.15, 0.2) is 24.3 Å².